The van der Waals surface area contributed by atoms with Gasteiger partial charge in [0.25, 0.3) is 5.82 Å². The van der Waals surface area contributed by atoms with Crippen LogP contribution in [0.3, 0.4) is 0 Å². The second kappa shape index (κ2) is 5.81. The Morgan fingerprint density at radius 1 is 1.17 bits per heavy atom. The Kier molecular flexibility index (Phi) is 3.94. The van der Waals surface area contributed by atoms with Crippen molar-refractivity contribution in [1.29, 1.82) is 0 Å². The highest BCUT2D eigenvalue weighted by Crippen LogP contribution is 2.29. The number of Topliss-reactive ketones (excluding diaryl/α,β-unsaturated/α-hetero) is 1. The topological polar surface area (TPSA) is 87.4 Å². The van der Waals surface area contributed by atoms with Crippen molar-refractivity contribution < 1.29 is 22.6 Å². The summed E-state index contributed by atoms with van der Waals surface area (Å²) in [5, 5.41) is 2.61. The van der Waals surface area contributed by atoms with E-state index in [9.17, 15) is 18.0 Å². The Labute approximate surface area is 139 Å². The molecule has 0 fully saturated rings. The molecule has 1 aliphatic heterocycles. The molecule has 1 unspecified atom stereocenters. The summed E-state index contributed by atoms with van der Waals surface area (Å²) in [5.74, 6) is -0.777. The van der Waals surface area contributed by atoms with Gasteiger partial charge in [-0.25, -0.2) is 23.1 Å². The first-order valence-corrected chi connectivity index (χ1v) is 8.65. The number of aromatic nitrogens is 1. The van der Waals surface area contributed by atoms with Crippen molar-refractivity contribution >= 4 is 27.5 Å². The molecule has 0 radical (unpaired) electrons. The van der Waals surface area contributed by atoms with Gasteiger partial charge in [0.05, 0.1) is 18.1 Å². The van der Waals surface area contributed by atoms with Crippen LogP contribution in [0.25, 0.3) is 0 Å². The number of aryl methyl sites for hydroxylation is 1. The first kappa shape index (κ1) is 16.3. The van der Waals surface area contributed by atoms with Crippen LogP contribution in [0.15, 0.2) is 53.6 Å². The molecule has 0 bridgehead atoms. The van der Waals surface area contributed by atoms with E-state index >= 15 is 0 Å². The summed E-state index contributed by atoms with van der Waals surface area (Å²) in [4.78, 5) is 25.2. The number of nitrogens with one attached hydrogen (secondary N) is 1. The summed E-state index contributed by atoms with van der Waals surface area (Å²) in [6, 6.07) is 9.64. The van der Waals surface area contributed by atoms with Crippen LogP contribution < -0.4 is 9.88 Å². The highest BCUT2D eigenvalue weighted by molar-refractivity contribution is 7.89. The van der Waals surface area contributed by atoms with E-state index in [4.69, 9.17) is 0 Å². The number of benzene rings is 1. The fourth-order valence-corrected chi connectivity index (χ4v) is 4.11. The number of carbonyl (C=O) groups excluding carboxylic acids is 2. The highest BCUT2D eigenvalue weighted by Gasteiger charge is 2.47. The predicted octanol–water partition coefficient (Wildman–Crippen LogP) is 0.335. The molecule has 1 aromatic heterocycles. The van der Waals surface area contributed by atoms with Gasteiger partial charge in [0.1, 0.15) is 0 Å². The summed E-state index contributed by atoms with van der Waals surface area (Å²) in [6.07, 6.45) is 1.73. The number of amides is 1. The first-order chi connectivity index (χ1) is 11.3. The van der Waals surface area contributed by atoms with Crippen molar-refractivity contribution in [1.82, 2.24) is 4.31 Å². The molecule has 24 heavy (non-hydrogen) atoms. The molecule has 2 aromatic rings. The SMILES string of the molecule is CN1C(C(=O)Nc2cccc[n+]2C)C(=O)c2ccccc2S1(=O)=O. The highest BCUT2D eigenvalue weighted by atomic mass is 32.2. The minimum absolute atomic E-state index is 0.0354. The van der Waals surface area contributed by atoms with E-state index in [0.29, 0.717) is 5.82 Å². The van der Waals surface area contributed by atoms with Crippen LogP contribution in [0.5, 0.6) is 0 Å². The lowest BCUT2D eigenvalue weighted by Crippen LogP contribution is -2.54. The van der Waals surface area contributed by atoms with Crippen LogP contribution in [0.1, 0.15) is 10.4 Å². The third-order valence-corrected chi connectivity index (χ3v) is 5.86. The lowest BCUT2D eigenvalue weighted by atomic mass is 10.0. The zero-order chi connectivity index (χ0) is 17.5. The van der Waals surface area contributed by atoms with Crippen LogP contribution in [-0.4, -0.2) is 37.5 Å². The molecule has 7 nitrogen and oxygen atoms in total. The monoisotopic (exact) mass is 346 g/mol. The number of rotatable bonds is 2. The number of anilines is 1. The molecule has 1 N–H and O–H groups in total. The lowest BCUT2D eigenvalue weighted by Gasteiger charge is -2.29. The van der Waals surface area contributed by atoms with Crippen LogP contribution in [0, 0.1) is 0 Å². The van der Waals surface area contributed by atoms with Gasteiger partial charge in [-0.2, -0.15) is 4.31 Å². The van der Waals surface area contributed by atoms with Crippen molar-refractivity contribution in [3.05, 3.63) is 54.2 Å². The van der Waals surface area contributed by atoms with Gasteiger partial charge in [-0.15, -0.1) is 0 Å². The minimum Gasteiger partial charge on any atom is -0.292 e. The Morgan fingerprint density at radius 2 is 1.83 bits per heavy atom. The number of nitrogens with zero attached hydrogens (tertiary/aromatic N) is 2. The molecule has 8 heteroatoms. The molecule has 1 aromatic carbocycles. The third-order valence-electron chi connectivity index (χ3n) is 3.98. The second-order valence-corrected chi connectivity index (χ2v) is 7.44. The van der Waals surface area contributed by atoms with Crippen LogP contribution in [0.2, 0.25) is 0 Å². The molecule has 3 rings (SSSR count). The summed E-state index contributed by atoms with van der Waals surface area (Å²) < 4.78 is 27.6. The number of ketones is 1. The number of fused-ring (bicyclic) bond motifs is 1. The number of hydrogen-bond donors (Lipinski definition) is 1. The largest absolute Gasteiger partial charge is 0.333 e. The van der Waals surface area contributed by atoms with E-state index in [1.54, 1.807) is 48.1 Å². The van der Waals surface area contributed by atoms with Crippen molar-refractivity contribution in [2.75, 3.05) is 12.4 Å². The molecule has 0 aliphatic carbocycles. The third kappa shape index (κ3) is 2.49. The number of pyridine rings is 1. The molecular weight excluding hydrogens is 330 g/mol. The standard InChI is InChI=1S/C16H15N3O4S/c1-18-10-6-5-9-13(18)17-16(21)14-15(20)11-7-3-4-8-12(11)24(22,23)19(14)2/h3-10,14H,1-2H3/p+1. The van der Waals surface area contributed by atoms with E-state index in [0.717, 1.165) is 4.31 Å². The molecule has 0 saturated heterocycles. The van der Waals surface area contributed by atoms with Gasteiger partial charge in [0.15, 0.2) is 11.8 Å². The van der Waals surface area contributed by atoms with Gasteiger partial charge in [-0.1, -0.05) is 18.2 Å². The second-order valence-electron chi connectivity index (χ2n) is 5.47. The van der Waals surface area contributed by atoms with Crippen LogP contribution in [-0.2, 0) is 21.9 Å². The lowest BCUT2D eigenvalue weighted by molar-refractivity contribution is -0.657. The molecule has 1 aliphatic rings. The molecule has 124 valence electrons. The number of carbonyl (C=O) groups is 2. The molecule has 0 saturated carbocycles. The van der Waals surface area contributed by atoms with Crippen molar-refractivity contribution in [3.8, 4) is 0 Å². The van der Waals surface area contributed by atoms with Gasteiger partial charge in [-0.05, 0) is 18.2 Å². The van der Waals surface area contributed by atoms with E-state index in [1.165, 1.54) is 19.2 Å². The van der Waals surface area contributed by atoms with Gasteiger partial charge in [-0.3, -0.25) is 4.79 Å². The average Bonchev–Trinajstić information content (AvgIpc) is 2.56. The van der Waals surface area contributed by atoms with E-state index < -0.39 is 27.8 Å². The minimum atomic E-state index is -3.91. The number of hydrogen-bond acceptors (Lipinski definition) is 4. The summed E-state index contributed by atoms with van der Waals surface area (Å²) in [5.41, 5.74) is 0.0354. The van der Waals surface area contributed by atoms with E-state index in [1.807, 2.05) is 0 Å². The predicted molar refractivity (Wildman–Crippen MR) is 85.8 cm³/mol. The van der Waals surface area contributed by atoms with Crippen molar-refractivity contribution in [2.24, 2.45) is 7.05 Å². The van der Waals surface area contributed by atoms with Crippen LogP contribution in [0.4, 0.5) is 5.82 Å². The molecule has 1 amide bonds. The average molecular weight is 346 g/mol. The number of sulfonamides is 1. The van der Waals surface area contributed by atoms with Gasteiger partial charge in [0, 0.05) is 18.7 Å². The maximum Gasteiger partial charge on any atom is 0.333 e. The quantitative estimate of drug-likeness (QED) is 0.627. The fraction of sp³-hybridized carbons (Fsp3) is 0.188. The van der Waals surface area contributed by atoms with Gasteiger partial charge in [0.2, 0.25) is 10.0 Å². The van der Waals surface area contributed by atoms with Gasteiger partial charge >= 0.3 is 5.91 Å². The molecular formula is C16H16N3O4S+. The Morgan fingerprint density at radius 3 is 2.54 bits per heavy atom. The molecule has 1 atom stereocenters. The van der Waals surface area contributed by atoms with Gasteiger partial charge < -0.3 is 0 Å². The Hall–Kier alpha value is -2.58. The van der Waals surface area contributed by atoms with Crippen molar-refractivity contribution in [2.45, 2.75) is 10.9 Å². The van der Waals surface area contributed by atoms with E-state index in [2.05, 4.69) is 5.32 Å². The normalized spacial score (nSPS) is 19.6. The Bertz CT molecular complexity index is 940. The summed E-state index contributed by atoms with van der Waals surface area (Å²) >= 11 is 0. The molecule has 0 spiro atoms. The Balaban J connectivity index is 2.01. The number of likely N-dealkylation sites (N-methyl/N-ethyl adjacent to an activating group) is 1. The maximum atomic E-state index is 12.7. The van der Waals surface area contributed by atoms with Crippen molar-refractivity contribution in [3.63, 3.8) is 0 Å². The first-order valence-electron chi connectivity index (χ1n) is 7.21. The smallest absolute Gasteiger partial charge is 0.292 e. The zero-order valence-corrected chi connectivity index (χ0v) is 13.9. The molecule has 2 heterocycles. The van der Waals surface area contributed by atoms with Crippen LogP contribution >= 0.6 is 0 Å². The summed E-state index contributed by atoms with van der Waals surface area (Å²) in [7, 11) is -0.941. The maximum absolute atomic E-state index is 12.7. The zero-order valence-electron chi connectivity index (χ0n) is 13.1. The van der Waals surface area contributed by atoms with E-state index in [-0.39, 0.29) is 10.5 Å². The summed E-state index contributed by atoms with van der Waals surface area (Å²) in [6.45, 7) is 0. The fourth-order valence-electron chi connectivity index (χ4n) is 2.63.